The summed E-state index contributed by atoms with van der Waals surface area (Å²) in [5, 5.41) is 0.550. The molecular formula is C27H28N4O3S2. The molecule has 7 nitrogen and oxygen atoms in total. The topological polar surface area (TPSA) is 83.5 Å². The van der Waals surface area contributed by atoms with E-state index in [2.05, 4.69) is 18.0 Å². The number of carbonyl (C=O) groups is 1. The lowest BCUT2D eigenvalue weighted by Gasteiger charge is -2.28. The Labute approximate surface area is 215 Å². The molecule has 1 fully saturated rings. The van der Waals surface area contributed by atoms with Gasteiger partial charge in [-0.25, -0.2) is 13.4 Å². The van der Waals surface area contributed by atoms with Gasteiger partial charge in [-0.3, -0.25) is 14.7 Å². The Morgan fingerprint density at radius 3 is 2.67 bits per heavy atom. The normalized spacial score (nSPS) is 16.4. The van der Waals surface area contributed by atoms with Crippen LogP contribution in [0.25, 0.3) is 10.2 Å². The van der Waals surface area contributed by atoms with Gasteiger partial charge in [0.05, 0.1) is 27.4 Å². The number of hydrogen-bond donors (Lipinski definition) is 0. The van der Waals surface area contributed by atoms with Gasteiger partial charge in [0.25, 0.3) is 0 Å². The Balaban J connectivity index is 1.52. The number of sulfonamides is 1. The number of aromatic nitrogens is 2. The van der Waals surface area contributed by atoms with Gasteiger partial charge in [-0.2, -0.15) is 4.31 Å². The zero-order valence-electron chi connectivity index (χ0n) is 20.3. The molecule has 1 aliphatic rings. The van der Waals surface area contributed by atoms with Gasteiger partial charge in [0.15, 0.2) is 5.13 Å². The number of fused-ring (bicyclic) bond motifs is 1. The molecule has 4 aromatic rings. The van der Waals surface area contributed by atoms with Crippen LogP contribution < -0.4 is 4.90 Å². The molecule has 9 heteroatoms. The number of anilines is 1. The number of benzene rings is 2. The van der Waals surface area contributed by atoms with Crippen molar-refractivity contribution in [3.63, 3.8) is 0 Å². The number of rotatable bonds is 7. The molecule has 2 aromatic carbocycles. The van der Waals surface area contributed by atoms with Crippen LogP contribution in [0.15, 0.2) is 71.8 Å². The molecule has 1 unspecified atom stereocenters. The monoisotopic (exact) mass is 520 g/mol. The maximum atomic E-state index is 14.1. The highest BCUT2D eigenvalue weighted by Crippen LogP contribution is 2.34. The molecule has 186 valence electrons. The number of thiazole rings is 1. The number of aryl methyl sites for hydroxylation is 2. The standard InChI is InChI=1S/C27H28N4O3S2/c1-3-20-11-14-23-25(17-20)35-27(29-23)30(18-21-7-4-5-15-28-21)26(32)24-8-6-16-31(24)36(33,34)22-12-9-19(2)10-13-22/h4-5,7,9-15,17,24H,3,6,8,16,18H2,1-2H3. The van der Waals surface area contributed by atoms with Crippen LogP contribution >= 0.6 is 11.3 Å². The summed E-state index contributed by atoms with van der Waals surface area (Å²) >= 11 is 1.45. The molecule has 0 saturated carbocycles. The quantitative estimate of drug-likeness (QED) is 0.344. The van der Waals surface area contributed by atoms with E-state index in [-0.39, 0.29) is 17.3 Å². The van der Waals surface area contributed by atoms with Crippen molar-refractivity contribution in [1.82, 2.24) is 14.3 Å². The fourth-order valence-electron chi connectivity index (χ4n) is 4.49. The lowest BCUT2D eigenvalue weighted by atomic mass is 10.2. The molecule has 0 aliphatic carbocycles. The first kappa shape index (κ1) is 24.5. The van der Waals surface area contributed by atoms with E-state index in [0.29, 0.717) is 30.2 Å². The number of carbonyl (C=O) groups excluding carboxylic acids is 1. The van der Waals surface area contributed by atoms with Crippen molar-refractivity contribution in [3.8, 4) is 0 Å². The molecule has 1 amide bonds. The highest BCUT2D eigenvalue weighted by molar-refractivity contribution is 7.89. The average Bonchev–Trinajstić information content (AvgIpc) is 3.55. The minimum absolute atomic E-state index is 0.205. The number of amides is 1. The molecule has 0 spiro atoms. The van der Waals surface area contributed by atoms with Crippen LogP contribution in [-0.2, 0) is 27.8 Å². The third-order valence-electron chi connectivity index (χ3n) is 6.51. The zero-order chi connectivity index (χ0) is 25.3. The van der Waals surface area contributed by atoms with E-state index >= 15 is 0 Å². The van der Waals surface area contributed by atoms with Gasteiger partial charge in [-0.1, -0.05) is 48.1 Å². The van der Waals surface area contributed by atoms with Crippen molar-refractivity contribution in [2.75, 3.05) is 11.4 Å². The molecule has 2 aromatic heterocycles. The first-order chi connectivity index (χ1) is 17.4. The van der Waals surface area contributed by atoms with E-state index < -0.39 is 16.1 Å². The maximum absolute atomic E-state index is 14.1. The Morgan fingerprint density at radius 2 is 1.94 bits per heavy atom. The second-order valence-corrected chi connectivity index (χ2v) is 11.9. The Bertz CT molecular complexity index is 1480. The first-order valence-electron chi connectivity index (χ1n) is 12.1. The third kappa shape index (κ3) is 4.78. The van der Waals surface area contributed by atoms with Gasteiger partial charge >= 0.3 is 0 Å². The van der Waals surface area contributed by atoms with Crippen molar-refractivity contribution in [3.05, 3.63) is 83.7 Å². The van der Waals surface area contributed by atoms with Crippen LogP contribution in [-0.4, -0.2) is 41.2 Å². The lowest BCUT2D eigenvalue weighted by molar-refractivity contribution is -0.121. The van der Waals surface area contributed by atoms with Gasteiger partial charge in [0.1, 0.15) is 6.04 Å². The summed E-state index contributed by atoms with van der Waals surface area (Å²) in [5.41, 5.74) is 3.71. The summed E-state index contributed by atoms with van der Waals surface area (Å²) < 4.78 is 29.4. The fourth-order valence-corrected chi connectivity index (χ4v) is 7.17. The summed E-state index contributed by atoms with van der Waals surface area (Å²) in [6.45, 7) is 4.54. The molecule has 0 bridgehead atoms. The van der Waals surface area contributed by atoms with E-state index in [9.17, 15) is 13.2 Å². The summed E-state index contributed by atoms with van der Waals surface area (Å²) in [7, 11) is -3.82. The summed E-state index contributed by atoms with van der Waals surface area (Å²) in [6.07, 6.45) is 3.69. The first-order valence-corrected chi connectivity index (χ1v) is 14.3. The Kier molecular flexibility index (Phi) is 6.87. The maximum Gasteiger partial charge on any atom is 0.247 e. The zero-order valence-corrected chi connectivity index (χ0v) is 21.9. The van der Waals surface area contributed by atoms with Crippen LogP contribution in [0.5, 0.6) is 0 Å². The smallest absolute Gasteiger partial charge is 0.247 e. The molecule has 1 saturated heterocycles. The van der Waals surface area contributed by atoms with Gasteiger partial charge in [0, 0.05) is 12.7 Å². The molecule has 0 radical (unpaired) electrons. The van der Waals surface area contributed by atoms with Gasteiger partial charge < -0.3 is 0 Å². The van der Waals surface area contributed by atoms with Crippen LogP contribution in [0, 0.1) is 6.92 Å². The molecule has 1 atom stereocenters. The van der Waals surface area contributed by atoms with Crippen LogP contribution in [0.2, 0.25) is 0 Å². The third-order valence-corrected chi connectivity index (χ3v) is 9.47. The molecule has 1 aliphatic heterocycles. The summed E-state index contributed by atoms with van der Waals surface area (Å²) in [4.78, 5) is 25.0. The van der Waals surface area contributed by atoms with Gasteiger partial charge in [-0.15, -0.1) is 0 Å². The van der Waals surface area contributed by atoms with Crippen molar-refractivity contribution >= 4 is 42.6 Å². The molecular weight excluding hydrogens is 492 g/mol. The van der Waals surface area contributed by atoms with Gasteiger partial charge in [-0.05, 0) is 68.1 Å². The fraction of sp³-hybridized carbons (Fsp3) is 0.296. The molecule has 0 N–H and O–H groups in total. The highest BCUT2D eigenvalue weighted by Gasteiger charge is 2.42. The number of nitrogens with zero attached hydrogens (tertiary/aromatic N) is 4. The molecule has 36 heavy (non-hydrogen) atoms. The SMILES string of the molecule is CCc1ccc2nc(N(Cc3ccccn3)C(=O)C3CCCN3S(=O)(=O)c3ccc(C)cc3)sc2c1. The van der Waals surface area contributed by atoms with E-state index in [4.69, 9.17) is 4.98 Å². The van der Waals surface area contributed by atoms with Crippen LogP contribution in [0.4, 0.5) is 5.13 Å². The van der Waals surface area contributed by atoms with E-state index in [1.54, 1.807) is 35.4 Å². The van der Waals surface area contributed by atoms with Crippen molar-refractivity contribution in [2.45, 2.75) is 50.6 Å². The van der Waals surface area contributed by atoms with Crippen molar-refractivity contribution < 1.29 is 13.2 Å². The van der Waals surface area contributed by atoms with Crippen molar-refractivity contribution in [1.29, 1.82) is 0 Å². The second-order valence-electron chi connectivity index (χ2n) is 8.98. The minimum atomic E-state index is -3.82. The van der Waals surface area contributed by atoms with Gasteiger partial charge in [0.2, 0.25) is 15.9 Å². The van der Waals surface area contributed by atoms with E-state index in [1.165, 1.54) is 21.2 Å². The highest BCUT2D eigenvalue weighted by atomic mass is 32.2. The molecule has 3 heterocycles. The van der Waals surface area contributed by atoms with E-state index in [0.717, 1.165) is 22.2 Å². The average molecular weight is 521 g/mol. The Morgan fingerprint density at radius 1 is 1.14 bits per heavy atom. The largest absolute Gasteiger partial charge is 0.281 e. The van der Waals surface area contributed by atoms with Crippen molar-refractivity contribution in [2.24, 2.45) is 0 Å². The number of pyridine rings is 1. The van der Waals surface area contributed by atoms with Crippen LogP contribution in [0.1, 0.15) is 36.6 Å². The Hall–Kier alpha value is -3.14. The predicted octanol–water partition coefficient (Wildman–Crippen LogP) is 4.95. The lowest BCUT2D eigenvalue weighted by Crippen LogP contribution is -2.47. The minimum Gasteiger partial charge on any atom is -0.281 e. The second kappa shape index (κ2) is 10.1. The predicted molar refractivity (Wildman–Crippen MR) is 143 cm³/mol. The summed E-state index contributed by atoms with van der Waals surface area (Å²) in [5.74, 6) is -0.274. The molecule has 5 rings (SSSR count). The van der Waals surface area contributed by atoms with Crippen LogP contribution in [0.3, 0.4) is 0 Å². The summed E-state index contributed by atoms with van der Waals surface area (Å²) in [6, 6.07) is 17.7. The van der Waals surface area contributed by atoms with E-state index in [1.807, 2.05) is 37.3 Å². The number of hydrogen-bond acceptors (Lipinski definition) is 6.